The van der Waals surface area contributed by atoms with Crippen molar-refractivity contribution >= 4 is 0 Å². The highest BCUT2D eigenvalue weighted by molar-refractivity contribution is 4.87. The molecule has 1 aliphatic carbocycles. The standard InChI is InChI=1S/C18H37N3/c1-4-12-19-17-9-7-5-6-8-10-18(17)21(3)15-16-11-13-20(2)14-16/h16-19H,4-15H2,1-3H3. The van der Waals surface area contributed by atoms with E-state index in [4.69, 9.17) is 0 Å². The topological polar surface area (TPSA) is 18.5 Å². The summed E-state index contributed by atoms with van der Waals surface area (Å²) in [6, 6.07) is 1.47. The maximum absolute atomic E-state index is 3.85. The number of hydrogen-bond acceptors (Lipinski definition) is 3. The number of nitrogens with zero attached hydrogens (tertiary/aromatic N) is 2. The third-order valence-electron chi connectivity index (χ3n) is 5.49. The molecule has 1 heterocycles. The van der Waals surface area contributed by atoms with Crippen molar-refractivity contribution in [3.05, 3.63) is 0 Å². The summed E-state index contributed by atoms with van der Waals surface area (Å²) in [6.45, 7) is 7.34. The molecule has 124 valence electrons. The Morgan fingerprint density at radius 1 is 1.10 bits per heavy atom. The normalized spacial score (nSPS) is 32.3. The molecule has 3 nitrogen and oxygen atoms in total. The fourth-order valence-corrected chi connectivity index (χ4v) is 4.28. The molecule has 0 aromatic rings. The number of nitrogens with one attached hydrogen (secondary N) is 1. The molecule has 1 saturated heterocycles. The Balaban J connectivity index is 1.89. The van der Waals surface area contributed by atoms with Crippen LogP contribution in [-0.2, 0) is 0 Å². The highest BCUT2D eigenvalue weighted by Gasteiger charge is 2.28. The van der Waals surface area contributed by atoms with Crippen LogP contribution in [0.15, 0.2) is 0 Å². The Morgan fingerprint density at radius 2 is 1.86 bits per heavy atom. The van der Waals surface area contributed by atoms with E-state index in [0.29, 0.717) is 0 Å². The predicted molar refractivity (Wildman–Crippen MR) is 91.8 cm³/mol. The van der Waals surface area contributed by atoms with Gasteiger partial charge < -0.3 is 15.1 Å². The lowest BCUT2D eigenvalue weighted by Crippen LogP contribution is -2.50. The molecule has 3 heteroatoms. The van der Waals surface area contributed by atoms with Crippen LogP contribution in [0.1, 0.15) is 58.3 Å². The van der Waals surface area contributed by atoms with Gasteiger partial charge in [0.05, 0.1) is 0 Å². The van der Waals surface area contributed by atoms with E-state index in [0.717, 1.165) is 18.0 Å². The Labute approximate surface area is 132 Å². The van der Waals surface area contributed by atoms with E-state index in [2.05, 4.69) is 36.1 Å². The van der Waals surface area contributed by atoms with Crippen LogP contribution in [0.5, 0.6) is 0 Å². The molecule has 0 aromatic heterocycles. The Hall–Kier alpha value is -0.120. The largest absolute Gasteiger partial charge is 0.312 e. The van der Waals surface area contributed by atoms with Gasteiger partial charge in [0, 0.05) is 25.2 Å². The average Bonchev–Trinajstić information content (AvgIpc) is 2.83. The molecule has 2 aliphatic rings. The quantitative estimate of drug-likeness (QED) is 0.813. The molecule has 0 spiro atoms. The van der Waals surface area contributed by atoms with Crippen molar-refractivity contribution in [3.8, 4) is 0 Å². The number of rotatable bonds is 6. The maximum atomic E-state index is 3.85. The zero-order chi connectivity index (χ0) is 15.1. The lowest BCUT2D eigenvalue weighted by Gasteiger charge is -2.38. The molecule has 0 bridgehead atoms. The van der Waals surface area contributed by atoms with Gasteiger partial charge in [0.15, 0.2) is 0 Å². The van der Waals surface area contributed by atoms with E-state index in [-0.39, 0.29) is 0 Å². The van der Waals surface area contributed by atoms with Gasteiger partial charge in [-0.25, -0.2) is 0 Å². The molecule has 2 rings (SSSR count). The van der Waals surface area contributed by atoms with Gasteiger partial charge in [-0.05, 0) is 58.8 Å². The lowest BCUT2D eigenvalue weighted by molar-refractivity contribution is 0.143. The molecule has 1 aliphatic heterocycles. The molecule has 1 N–H and O–H groups in total. The van der Waals surface area contributed by atoms with Gasteiger partial charge in [0.25, 0.3) is 0 Å². The van der Waals surface area contributed by atoms with E-state index >= 15 is 0 Å². The van der Waals surface area contributed by atoms with E-state index in [1.54, 1.807) is 0 Å². The molecule has 0 amide bonds. The van der Waals surface area contributed by atoms with Gasteiger partial charge in [0.1, 0.15) is 0 Å². The summed E-state index contributed by atoms with van der Waals surface area (Å²) in [5.74, 6) is 0.886. The average molecular weight is 296 g/mol. The third-order valence-corrected chi connectivity index (χ3v) is 5.49. The van der Waals surface area contributed by atoms with Crippen molar-refractivity contribution in [2.75, 3.05) is 40.3 Å². The number of likely N-dealkylation sites (N-methyl/N-ethyl adjacent to an activating group) is 1. The fraction of sp³-hybridized carbons (Fsp3) is 1.00. The summed E-state index contributed by atoms with van der Waals surface area (Å²) in [7, 11) is 4.65. The molecule has 1 saturated carbocycles. The van der Waals surface area contributed by atoms with Crippen LogP contribution in [0.25, 0.3) is 0 Å². The second kappa shape index (κ2) is 9.12. The van der Waals surface area contributed by atoms with Crippen molar-refractivity contribution in [1.29, 1.82) is 0 Å². The summed E-state index contributed by atoms with van der Waals surface area (Å²) in [5.41, 5.74) is 0. The summed E-state index contributed by atoms with van der Waals surface area (Å²) in [5, 5.41) is 3.85. The van der Waals surface area contributed by atoms with Crippen molar-refractivity contribution in [3.63, 3.8) is 0 Å². The molecular weight excluding hydrogens is 258 g/mol. The van der Waals surface area contributed by atoms with Crippen LogP contribution < -0.4 is 5.32 Å². The Kier molecular flexibility index (Phi) is 7.48. The lowest BCUT2D eigenvalue weighted by atomic mass is 9.90. The highest BCUT2D eigenvalue weighted by atomic mass is 15.2. The van der Waals surface area contributed by atoms with E-state index < -0.39 is 0 Å². The predicted octanol–water partition coefficient (Wildman–Crippen LogP) is 2.96. The molecule has 2 fully saturated rings. The van der Waals surface area contributed by atoms with Gasteiger partial charge in [-0.15, -0.1) is 0 Å². The van der Waals surface area contributed by atoms with Crippen molar-refractivity contribution in [2.24, 2.45) is 5.92 Å². The minimum Gasteiger partial charge on any atom is -0.312 e. The number of likely N-dealkylation sites (tertiary alicyclic amines) is 1. The monoisotopic (exact) mass is 295 g/mol. The maximum Gasteiger partial charge on any atom is 0.0246 e. The molecule has 21 heavy (non-hydrogen) atoms. The zero-order valence-corrected chi connectivity index (χ0v) is 14.6. The first-order chi connectivity index (χ1) is 10.2. The summed E-state index contributed by atoms with van der Waals surface area (Å²) in [6.07, 6.45) is 11.1. The molecule has 0 radical (unpaired) electrons. The second-order valence-electron chi connectivity index (χ2n) is 7.48. The first-order valence-corrected chi connectivity index (χ1v) is 9.33. The van der Waals surface area contributed by atoms with E-state index in [9.17, 15) is 0 Å². The SMILES string of the molecule is CCCNC1CCCCCCC1N(C)CC1CCN(C)C1. The summed E-state index contributed by atoms with van der Waals surface area (Å²) >= 11 is 0. The Morgan fingerprint density at radius 3 is 2.52 bits per heavy atom. The third kappa shape index (κ3) is 5.54. The van der Waals surface area contributed by atoms with E-state index in [1.807, 2.05) is 0 Å². The molecular formula is C18H37N3. The van der Waals surface area contributed by atoms with Crippen molar-refractivity contribution < 1.29 is 0 Å². The van der Waals surface area contributed by atoms with Crippen LogP contribution in [-0.4, -0.2) is 62.2 Å². The summed E-state index contributed by atoms with van der Waals surface area (Å²) < 4.78 is 0. The molecule has 0 aromatic carbocycles. The van der Waals surface area contributed by atoms with Gasteiger partial charge in [-0.1, -0.05) is 32.6 Å². The smallest absolute Gasteiger partial charge is 0.0246 e. The number of hydrogen-bond donors (Lipinski definition) is 1. The van der Waals surface area contributed by atoms with Crippen LogP contribution in [0.4, 0.5) is 0 Å². The van der Waals surface area contributed by atoms with Crippen LogP contribution in [0.2, 0.25) is 0 Å². The van der Waals surface area contributed by atoms with Gasteiger partial charge in [-0.3, -0.25) is 0 Å². The van der Waals surface area contributed by atoms with Gasteiger partial charge in [-0.2, -0.15) is 0 Å². The molecule has 3 atom stereocenters. The van der Waals surface area contributed by atoms with Crippen LogP contribution >= 0.6 is 0 Å². The van der Waals surface area contributed by atoms with Gasteiger partial charge in [0.2, 0.25) is 0 Å². The first kappa shape index (κ1) is 17.2. The minimum absolute atomic E-state index is 0.717. The highest BCUT2D eigenvalue weighted by Crippen LogP contribution is 2.24. The zero-order valence-electron chi connectivity index (χ0n) is 14.6. The van der Waals surface area contributed by atoms with Gasteiger partial charge >= 0.3 is 0 Å². The molecule has 3 unspecified atom stereocenters. The van der Waals surface area contributed by atoms with E-state index in [1.165, 1.54) is 77.5 Å². The summed E-state index contributed by atoms with van der Waals surface area (Å²) in [4.78, 5) is 5.19. The fourth-order valence-electron chi connectivity index (χ4n) is 4.28. The minimum atomic E-state index is 0.717. The second-order valence-corrected chi connectivity index (χ2v) is 7.48. The first-order valence-electron chi connectivity index (χ1n) is 9.33. The van der Waals surface area contributed by atoms with Crippen molar-refractivity contribution in [1.82, 2.24) is 15.1 Å². The van der Waals surface area contributed by atoms with Crippen molar-refractivity contribution in [2.45, 2.75) is 70.4 Å². The van der Waals surface area contributed by atoms with Crippen LogP contribution in [0, 0.1) is 5.92 Å². The Bertz CT molecular complexity index is 280. The van der Waals surface area contributed by atoms with Crippen LogP contribution in [0.3, 0.4) is 0 Å².